The third-order valence-corrected chi connectivity index (χ3v) is 6.64. The van der Waals surface area contributed by atoms with Crippen LogP contribution < -0.4 is 10.6 Å². The van der Waals surface area contributed by atoms with Crippen molar-refractivity contribution in [2.75, 3.05) is 19.3 Å². The van der Waals surface area contributed by atoms with Gasteiger partial charge in [0.2, 0.25) is 0 Å². The molecule has 0 radical (unpaired) electrons. The van der Waals surface area contributed by atoms with Gasteiger partial charge in [-0.05, 0) is 43.2 Å². The lowest BCUT2D eigenvalue weighted by atomic mass is 9.87. The van der Waals surface area contributed by atoms with Gasteiger partial charge in [0.05, 0.1) is 0 Å². The molecule has 1 heterocycles. The first kappa shape index (κ1) is 15.4. The van der Waals surface area contributed by atoms with E-state index in [1.54, 1.807) is 0 Å². The number of rotatable bonds is 4. The van der Waals surface area contributed by atoms with Gasteiger partial charge in [0.1, 0.15) is 0 Å². The molecule has 1 unspecified atom stereocenters. The molecule has 1 atom stereocenters. The Bertz CT molecular complexity index is 454. The predicted molar refractivity (Wildman–Crippen MR) is 92.8 cm³/mol. The maximum absolute atomic E-state index is 3.92. The molecule has 1 aromatic rings. The fraction of sp³-hybridized carbons (Fsp3) is 0.667. The minimum Gasteiger partial charge on any atom is -0.313 e. The lowest BCUT2D eigenvalue weighted by Crippen LogP contribution is -2.41. The van der Waals surface area contributed by atoms with Gasteiger partial charge in [-0.3, -0.25) is 0 Å². The van der Waals surface area contributed by atoms with Crippen LogP contribution in [0.5, 0.6) is 0 Å². The van der Waals surface area contributed by atoms with Gasteiger partial charge in [0.15, 0.2) is 0 Å². The third kappa shape index (κ3) is 3.64. The van der Waals surface area contributed by atoms with Crippen LogP contribution in [0.4, 0.5) is 0 Å². The second-order valence-electron chi connectivity index (χ2n) is 6.55. The molecule has 0 aromatic heterocycles. The Morgan fingerprint density at radius 3 is 2.86 bits per heavy atom. The van der Waals surface area contributed by atoms with E-state index in [-0.39, 0.29) is 0 Å². The third-order valence-electron chi connectivity index (χ3n) is 5.22. The fourth-order valence-electron chi connectivity index (χ4n) is 3.83. The predicted octanol–water partition coefficient (Wildman–Crippen LogP) is 3.88. The molecule has 1 saturated carbocycles. The Kier molecular flexibility index (Phi) is 5.25. The van der Waals surface area contributed by atoms with Crippen LogP contribution in [-0.4, -0.2) is 24.1 Å². The zero-order valence-electron chi connectivity index (χ0n) is 13.2. The molecule has 0 bridgehead atoms. The van der Waals surface area contributed by atoms with Gasteiger partial charge >= 0.3 is 0 Å². The first-order valence-corrected chi connectivity index (χ1v) is 9.62. The van der Waals surface area contributed by atoms with Crippen LogP contribution in [0.15, 0.2) is 24.3 Å². The molecule has 0 amide bonds. The summed E-state index contributed by atoms with van der Waals surface area (Å²) in [7, 11) is 0. The molecular formula is C18H28N2S. The van der Waals surface area contributed by atoms with Crippen LogP contribution >= 0.6 is 11.8 Å². The molecule has 1 aliphatic carbocycles. The first-order chi connectivity index (χ1) is 10.3. The van der Waals surface area contributed by atoms with Gasteiger partial charge in [-0.25, -0.2) is 0 Å². The number of hydrogen-bond donors (Lipinski definition) is 2. The van der Waals surface area contributed by atoms with Crippen LogP contribution in [0.25, 0.3) is 0 Å². The highest BCUT2D eigenvalue weighted by molar-refractivity contribution is 8.00. The molecular weight excluding hydrogens is 276 g/mol. The zero-order chi connectivity index (χ0) is 14.5. The van der Waals surface area contributed by atoms with E-state index in [1.165, 1.54) is 49.7 Å². The highest BCUT2D eigenvalue weighted by atomic mass is 32.2. The van der Waals surface area contributed by atoms with E-state index in [0.29, 0.717) is 10.8 Å². The largest absolute Gasteiger partial charge is 0.313 e. The van der Waals surface area contributed by atoms with Crippen molar-refractivity contribution >= 4 is 11.8 Å². The molecule has 1 aliphatic heterocycles. The molecule has 0 spiro atoms. The number of fused-ring (bicyclic) bond motifs is 1. The average molecular weight is 305 g/mol. The van der Waals surface area contributed by atoms with Crippen molar-refractivity contribution in [3.05, 3.63) is 35.4 Å². The standard InChI is InChI=1S/C18H28N2S/c1-21-18(10-5-2-6-11-18)14-20-17-9-12-19-13-15-7-3-4-8-16(15)17/h3-4,7-8,17,19-20H,2,5-6,9-14H2,1H3. The van der Waals surface area contributed by atoms with Crippen LogP contribution in [0, 0.1) is 0 Å². The zero-order valence-corrected chi connectivity index (χ0v) is 14.0. The average Bonchev–Trinajstić information content (AvgIpc) is 2.76. The molecule has 116 valence electrons. The summed E-state index contributed by atoms with van der Waals surface area (Å²) in [6.45, 7) is 3.29. The molecule has 2 aliphatic rings. The lowest BCUT2D eigenvalue weighted by molar-refractivity contribution is 0.358. The Hall–Kier alpha value is -0.510. The van der Waals surface area contributed by atoms with E-state index in [9.17, 15) is 0 Å². The Morgan fingerprint density at radius 1 is 1.24 bits per heavy atom. The maximum Gasteiger partial charge on any atom is 0.0336 e. The van der Waals surface area contributed by atoms with E-state index >= 15 is 0 Å². The normalized spacial score (nSPS) is 25.1. The second-order valence-corrected chi connectivity index (χ2v) is 7.82. The fourth-order valence-corrected chi connectivity index (χ4v) is 4.76. The number of thioether (sulfide) groups is 1. The topological polar surface area (TPSA) is 24.1 Å². The van der Waals surface area contributed by atoms with Crippen LogP contribution in [0.3, 0.4) is 0 Å². The second kappa shape index (κ2) is 7.17. The summed E-state index contributed by atoms with van der Waals surface area (Å²) in [5.41, 5.74) is 2.98. The molecule has 1 fully saturated rings. The van der Waals surface area contributed by atoms with Crippen molar-refractivity contribution in [1.82, 2.24) is 10.6 Å². The Morgan fingerprint density at radius 2 is 2.05 bits per heavy atom. The monoisotopic (exact) mass is 304 g/mol. The van der Waals surface area contributed by atoms with E-state index in [0.717, 1.165) is 19.6 Å². The quantitative estimate of drug-likeness (QED) is 0.883. The number of hydrogen-bond acceptors (Lipinski definition) is 3. The minimum absolute atomic E-state index is 0.479. The maximum atomic E-state index is 3.92. The van der Waals surface area contributed by atoms with E-state index < -0.39 is 0 Å². The molecule has 0 saturated heterocycles. The number of nitrogens with one attached hydrogen (secondary N) is 2. The Balaban J connectivity index is 1.69. The van der Waals surface area contributed by atoms with Crippen LogP contribution in [0.1, 0.15) is 55.7 Å². The summed E-state index contributed by atoms with van der Waals surface area (Å²) in [6.07, 6.45) is 10.5. The number of benzene rings is 1. The highest BCUT2D eigenvalue weighted by Gasteiger charge is 2.32. The van der Waals surface area contributed by atoms with Gasteiger partial charge in [-0.15, -0.1) is 0 Å². The van der Waals surface area contributed by atoms with Crippen molar-refractivity contribution in [2.24, 2.45) is 0 Å². The lowest BCUT2D eigenvalue weighted by Gasteiger charge is -2.37. The van der Waals surface area contributed by atoms with Crippen LogP contribution in [-0.2, 0) is 6.54 Å². The van der Waals surface area contributed by atoms with E-state index in [1.807, 2.05) is 0 Å². The molecule has 3 heteroatoms. The van der Waals surface area contributed by atoms with Crippen LogP contribution in [0.2, 0.25) is 0 Å². The Labute approximate surface area is 133 Å². The van der Waals surface area contributed by atoms with Crippen molar-refractivity contribution in [3.63, 3.8) is 0 Å². The van der Waals surface area contributed by atoms with Gasteiger partial charge in [0, 0.05) is 23.9 Å². The van der Waals surface area contributed by atoms with E-state index in [4.69, 9.17) is 0 Å². The van der Waals surface area contributed by atoms with Gasteiger partial charge in [0.25, 0.3) is 0 Å². The van der Waals surface area contributed by atoms with Gasteiger partial charge in [-0.1, -0.05) is 43.5 Å². The van der Waals surface area contributed by atoms with Crippen molar-refractivity contribution in [3.8, 4) is 0 Å². The van der Waals surface area contributed by atoms with Crippen molar-refractivity contribution in [2.45, 2.75) is 55.9 Å². The molecule has 2 nitrogen and oxygen atoms in total. The van der Waals surface area contributed by atoms with Crippen molar-refractivity contribution < 1.29 is 0 Å². The van der Waals surface area contributed by atoms with E-state index in [2.05, 4.69) is 52.9 Å². The summed E-state index contributed by atoms with van der Waals surface area (Å²) < 4.78 is 0.479. The van der Waals surface area contributed by atoms with Gasteiger partial charge < -0.3 is 10.6 Å². The summed E-state index contributed by atoms with van der Waals surface area (Å²) in [6, 6.07) is 9.44. The highest BCUT2D eigenvalue weighted by Crippen LogP contribution is 2.38. The SMILES string of the molecule is CSC1(CNC2CCNCc3ccccc32)CCCCC1. The van der Waals surface area contributed by atoms with Gasteiger partial charge in [-0.2, -0.15) is 11.8 Å². The molecule has 1 aromatic carbocycles. The summed E-state index contributed by atoms with van der Waals surface area (Å²) in [4.78, 5) is 0. The smallest absolute Gasteiger partial charge is 0.0336 e. The first-order valence-electron chi connectivity index (χ1n) is 8.40. The summed E-state index contributed by atoms with van der Waals surface area (Å²) >= 11 is 2.09. The van der Waals surface area contributed by atoms with Crippen molar-refractivity contribution in [1.29, 1.82) is 0 Å². The molecule has 21 heavy (non-hydrogen) atoms. The minimum atomic E-state index is 0.479. The summed E-state index contributed by atoms with van der Waals surface area (Å²) in [5.74, 6) is 0. The molecule has 2 N–H and O–H groups in total. The summed E-state index contributed by atoms with van der Waals surface area (Å²) in [5, 5.41) is 7.47. The molecule has 3 rings (SSSR count).